The zero-order chi connectivity index (χ0) is 50.2. The van der Waals surface area contributed by atoms with Crippen LogP contribution in [0.25, 0.3) is 17.1 Å². The van der Waals surface area contributed by atoms with E-state index in [9.17, 15) is 53.9 Å². The van der Waals surface area contributed by atoms with E-state index in [1.165, 1.54) is 48.3 Å². The highest BCUT2D eigenvalue weighted by molar-refractivity contribution is 6.34. The molecule has 6 rings (SSSR count). The first-order valence-corrected chi connectivity index (χ1v) is 20.1. The summed E-state index contributed by atoms with van der Waals surface area (Å²) in [6, 6.07) is 7.61. The Morgan fingerprint density at radius 1 is 0.881 bits per heavy atom. The van der Waals surface area contributed by atoms with Crippen molar-refractivity contribution in [3.8, 4) is 17.1 Å². The number of alkyl halides is 9. The number of carboxylic acids is 2. The molecule has 366 valence electrons. The Balaban J connectivity index is 0.000000608. The van der Waals surface area contributed by atoms with Crippen LogP contribution in [0.3, 0.4) is 0 Å². The third-order valence-electron chi connectivity index (χ3n) is 10.2. The molecule has 0 spiro atoms. The first-order chi connectivity index (χ1) is 31.0. The van der Waals surface area contributed by atoms with Gasteiger partial charge in [0.1, 0.15) is 5.97 Å². The summed E-state index contributed by atoms with van der Waals surface area (Å²) in [5, 5.41) is 25.5. The summed E-state index contributed by atoms with van der Waals surface area (Å²) in [4.78, 5) is 69.3. The lowest BCUT2D eigenvalue weighted by Crippen LogP contribution is -2.54. The van der Waals surface area contributed by atoms with Crippen LogP contribution in [0.15, 0.2) is 48.9 Å². The molecule has 2 saturated heterocycles. The number of carboxylic acid groups (broad SMARTS) is 2. The lowest BCUT2D eigenvalue weighted by Gasteiger charge is -2.40. The first kappa shape index (κ1) is 53.1. The molecule has 1 aromatic carbocycles. The summed E-state index contributed by atoms with van der Waals surface area (Å²) in [6.07, 6.45) is -9.57. The number of pyridine rings is 1. The smallest absolute Gasteiger partial charge is 0.490 e. The van der Waals surface area contributed by atoms with Crippen LogP contribution in [0, 0.1) is 5.92 Å². The highest BCUT2D eigenvalue weighted by Gasteiger charge is 2.40. The van der Waals surface area contributed by atoms with Crippen LogP contribution in [0.4, 0.5) is 50.9 Å². The van der Waals surface area contributed by atoms with E-state index in [0.29, 0.717) is 45.0 Å². The summed E-state index contributed by atoms with van der Waals surface area (Å²) in [5.41, 5.74) is 5.16. The van der Waals surface area contributed by atoms with Gasteiger partial charge in [-0.2, -0.15) is 44.6 Å². The molecule has 4 aromatic rings. The molecule has 0 bridgehead atoms. The Morgan fingerprint density at radius 3 is 1.94 bits per heavy atom. The Bertz CT molecular complexity index is 2380. The minimum absolute atomic E-state index is 0.00215. The van der Waals surface area contributed by atoms with Crippen molar-refractivity contribution < 1.29 is 78.2 Å². The summed E-state index contributed by atoms with van der Waals surface area (Å²) >= 11 is 6.52. The number of nitrogens with two attached hydrogens (primary N) is 1. The summed E-state index contributed by atoms with van der Waals surface area (Å²) in [5.74, 6) is -6.62. The van der Waals surface area contributed by atoms with Crippen LogP contribution in [0.2, 0.25) is 5.02 Å². The molecule has 0 unspecified atom stereocenters. The monoisotopic (exact) mass is 983 g/mol. The van der Waals surface area contributed by atoms with Crippen LogP contribution in [0.5, 0.6) is 0 Å². The van der Waals surface area contributed by atoms with E-state index in [0.717, 1.165) is 41.3 Å². The number of nitrogens with one attached hydrogen (secondary N) is 2. The number of amides is 3. The molecule has 3 amide bonds. The quantitative estimate of drug-likeness (QED) is 0.139. The average Bonchev–Trinajstić information content (AvgIpc) is 3.87. The van der Waals surface area contributed by atoms with E-state index in [1.807, 2.05) is 4.90 Å². The number of likely N-dealkylation sites (tertiary alicyclic amines) is 1. The lowest BCUT2D eigenvalue weighted by molar-refractivity contribution is -0.895. The molecular formula is C39H43ClF9N11O7. The Hall–Kier alpha value is -6.48. The number of halogens is 10. The molecule has 2 aliphatic heterocycles. The molecule has 3 aromatic heterocycles. The minimum Gasteiger partial charge on any atom is -0.542 e. The number of benzene rings is 1. The minimum atomic E-state index is -5.19. The van der Waals surface area contributed by atoms with Crippen LogP contribution in [-0.2, 0) is 27.6 Å². The normalized spacial score (nSPS) is 15.4. The molecule has 5 heterocycles. The second kappa shape index (κ2) is 21.4. The van der Waals surface area contributed by atoms with Gasteiger partial charge in [-0.3, -0.25) is 14.4 Å². The molecule has 2 aliphatic rings. The number of rotatable bonds is 9. The molecule has 2 fully saturated rings. The zero-order valence-electron chi connectivity index (χ0n) is 35.6. The number of imidazole rings is 1. The van der Waals surface area contributed by atoms with Gasteiger partial charge in [0, 0.05) is 77.0 Å². The van der Waals surface area contributed by atoms with Gasteiger partial charge in [0.25, 0.3) is 11.8 Å². The molecule has 67 heavy (non-hydrogen) atoms. The summed E-state index contributed by atoms with van der Waals surface area (Å²) in [7, 11) is 5.77. The van der Waals surface area contributed by atoms with Gasteiger partial charge in [-0.1, -0.05) is 11.6 Å². The maximum absolute atomic E-state index is 14.2. The fraction of sp³-hybridized carbons (Fsp3) is 0.436. The van der Waals surface area contributed by atoms with Crippen molar-refractivity contribution >= 4 is 52.6 Å². The number of piperazine rings is 1. The number of piperidine rings is 1. The maximum atomic E-state index is 14.2. The standard InChI is InChI=1S/C35H41ClF3N11O3.2C2HF3O2/c1-46-28(26-21-49(45-30(26)35(37,38)39)29-7-5-24(19-42-29)41-11-10-40)20-43-31(46)32(51)44-23-4-6-25(27(36)18-23)34(53)48-14-12-47(13-15-48)33(52)22-8-16-50(2,3)17-9-22;2*3-2(4,5)1(6)7/h4-7,18-22,41H,8-17,40H2,1-3H3;2*(H,6,7). The van der Waals surface area contributed by atoms with E-state index in [4.69, 9.17) is 37.1 Å². The molecule has 0 saturated carbocycles. The van der Waals surface area contributed by atoms with Crippen molar-refractivity contribution in [2.24, 2.45) is 18.7 Å². The molecule has 0 aliphatic carbocycles. The molecule has 5 N–H and O–H groups in total. The summed E-state index contributed by atoms with van der Waals surface area (Å²) in [6.45, 7) is 4.46. The van der Waals surface area contributed by atoms with E-state index in [-0.39, 0.29) is 56.9 Å². The van der Waals surface area contributed by atoms with Gasteiger partial charge in [-0.05, 0) is 30.3 Å². The van der Waals surface area contributed by atoms with Crippen LogP contribution < -0.4 is 21.5 Å². The zero-order valence-corrected chi connectivity index (χ0v) is 36.4. The third kappa shape index (κ3) is 14.3. The molecule has 28 heteroatoms. The number of carbonyl (C=O) groups is 5. The van der Waals surface area contributed by atoms with E-state index in [1.54, 1.807) is 11.0 Å². The topological polar surface area (TPSA) is 234 Å². The van der Waals surface area contributed by atoms with Gasteiger partial charge < -0.3 is 50.2 Å². The van der Waals surface area contributed by atoms with Gasteiger partial charge in [0.05, 0.1) is 67.1 Å². The van der Waals surface area contributed by atoms with Crippen LogP contribution >= 0.6 is 11.6 Å². The second-order valence-electron chi connectivity index (χ2n) is 15.5. The number of anilines is 2. The SMILES string of the molecule is Cn1c(-c2cn(-c3ccc(NCCN)cn3)nc2C(F)(F)F)cnc1C(=O)Nc1ccc(C(=O)N2CCN(C(=O)C3CC[N+](C)(C)CC3)CC2)c(Cl)c1.O=C(O)C(F)(F)F.O=C([O-])C(F)(F)F. The average molecular weight is 984 g/mol. The maximum Gasteiger partial charge on any atom is 0.490 e. The molecular weight excluding hydrogens is 941 g/mol. The van der Waals surface area contributed by atoms with Crippen LogP contribution in [0.1, 0.15) is 39.5 Å². The number of aromatic nitrogens is 5. The van der Waals surface area contributed by atoms with Crippen molar-refractivity contribution in [1.29, 1.82) is 0 Å². The number of hydrogen-bond acceptors (Lipinski definition) is 11. The number of quaternary nitrogens is 1. The highest BCUT2D eigenvalue weighted by atomic mass is 35.5. The van der Waals surface area contributed by atoms with Gasteiger partial charge in [0.15, 0.2) is 17.3 Å². The fourth-order valence-corrected chi connectivity index (χ4v) is 6.89. The Morgan fingerprint density at radius 2 is 1.45 bits per heavy atom. The second-order valence-corrected chi connectivity index (χ2v) is 15.9. The number of hydrogen-bond donors (Lipinski definition) is 4. The van der Waals surface area contributed by atoms with Crippen molar-refractivity contribution in [2.75, 3.05) is 77.1 Å². The van der Waals surface area contributed by atoms with Crippen molar-refractivity contribution in [3.63, 3.8) is 0 Å². The predicted molar refractivity (Wildman–Crippen MR) is 217 cm³/mol. The van der Waals surface area contributed by atoms with Gasteiger partial charge >= 0.3 is 24.5 Å². The highest BCUT2D eigenvalue weighted by Crippen LogP contribution is 2.37. The molecule has 18 nitrogen and oxygen atoms in total. The van der Waals surface area contributed by atoms with Gasteiger partial charge in [-0.15, -0.1) is 0 Å². The van der Waals surface area contributed by atoms with Crippen LogP contribution in [-0.4, -0.2) is 152 Å². The molecule has 0 radical (unpaired) electrons. The number of aliphatic carboxylic acids is 2. The fourth-order valence-electron chi connectivity index (χ4n) is 6.63. The van der Waals surface area contributed by atoms with E-state index < -0.39 is 42.1 Å². The van der Waals surface area contributed by atoms with Gasteiger partial charge in [0.2, 0.25) is 5.91 Å². The van der Waals surface area contributed by atoms with E-state index >= 15 is 0 Å². The first-order valence-electron chi connectivity index (χ1n) is 19.7. The summed E-state index contributed by atoms with van der Waals surface area (Å²) < 4.78 is 109. The number of carbonyl (C=O) groups excluding carboxylic acids is 4. The molecule has 0 atom stereocenters. The number of nitrogens with zero attached hydrogens (tertiary/aromatic N) is 8. The van der Waals surface area contributed by atoms with Crippen molar-refractivity contribution in [1.82, 2.24) is 34.1 Å². The van der Waals surface area contributed by atoms with E-state index in [2.05, 4.69) is 39.8 Å². The van der Waals surface area contributed by atoms with Crippen molar-refractivity contribution in [3.05, 3.63) is 71.0 Å². The Kier molecular flexibility index (Phi) is 17.0. The predicted octanol–water partition coefficient (Wildman–Crippen LogP) is 3.67. The van der Waals surface area contributed by atoms with Crippen molar-refractivity contribution in [2.45, 2.75) is 31.4 Å². The third-order valence-corrected chi connectivity index (χ3v) is 10.5. The van der Waals surface area contributed by atoms with Gasteiger partial charge in [-0.25, -0.2) is 19.4 Å². The lowest BCUT2D eigenvalue weighted by atomic mass is 9.94. The Labute approximate surface area is 379 Å². The largest absolute Gasteiger partial charge is 0.542 e.